The zero-order chi connectivity index (χ0) is 14.0. The molecule has 0 aromatic carbocycles. The topological polar surface area (TPSA) is 92.4 Å². The number of nitrogens with one attached hydrogen (secondary N) is 1. The highest BCUT2D eigenvalue weighted by molar-refractivity contribution is 7.89. The first-order valence-electron chi connectivity index (χ1n) is 5.53. The van der Waals surface area contributed by atoms with Crippen molar-refractivity contribution in [2.75, 3.05) is 0 Å². The van der Waals surface area contributed by atoms with Crippen molar-refractivity contribution in [3.63, 3.8) is 0 Å². The third-order valence-corrected chi connectivity index (χ3v) is 5.08. The molecule has 2 aromatic heterocycles. The Morgan fingerprint density at radius 1 is 1.47 bits per heavy atom. The van der Waals surface area contributed by atoms with E-state index in [1.54, 1.807) is 12.4 Å². The molecule has 2 heterocycles. The van der Waals surface area contributed by atoms with Gasteiger partial charge in [0.05, 0.1) is 11.2 Å². The summed E-state index contributed by atoms with van der Waals surface area (Å²) < 4.78 is 31.9. The van der Waals surface area contributed by atoms with E-state index >= 15 is 0 Å². The third kappa shape index (κ3) is 3.03. The lowest BCUT2D eigenvalue weighted by atomic mass is 10.4. The van der Waals surface area contributed by atoms with Gasteiger partial charge in [-0.15, -0.1) is 11.3 Å². The maximum atomic E-state index is 12.1. The van der Waals surface area contributed by atoms with Crippen LogP contribution in [0.15, 0.2) is 20.9 Å². The molecule has 0 aliphatic heterocycles. The van der Waals surface area contributed by atoms with Crippen LogP contribution in [0.5, 0.6) is 0 Å². The van der Waals surface area contributed by atoms with Gasteiger partial charge < -0.3 is 9.52 Å². The first-order valence-corrected chi connectivity index (χ1v) is 7.89. The first-order chi connectivity index (χ1) is 8.94. The van der Waals surface area contributed by atoms with E-state index in [4.69, 9.17) is 9.52 Å². The standard InChI is InChI=1S/C11H14N2O4S2/c1-7-10(18-6-12-7)4-13-19(15,16)11-3-9(5-14)17-8(11)2/h3,6,13-14H,4-5H2,1-2H3. The van der Waals surface area contributed by atoms with Crippen LogP contribution >= 0.6 is 11.3 Å². The Labute approximate surface area is 115 Å². The summed E-state index contributed by atoms with van der Waals surface area (Å²) in [4.78, 5) is 4.98. The first kappa shape index (κ1) is 14.2. The van der Waals surface area contributed by atoms with Crippen LogP contribution in [0.25, 0.3) is 0 Å². The molecule has 0 unspecified atom stereocenters. The van der Waals surface area contributed by atoms with Crippen LogP contribution in [-0.2, 0) is 23.2 Å². The van der Waals surface area contributed by atoms with Gasteiger partial charge >= 0.3 is 0 Å². The second kappa shape index (κ2) is 5.41. The van der Waals surface area contributed by atoms with Crippen molar-refractivity contribution in [1.82, 2.24) is 9.71 Å². The highest BCUT2D eigenvalue weighted by Crippen LogP contribution is 2.21. The molecule has 19 heavy (non-hydrogen) atoms. The van der Waals surface area contributed by atoms with Crippen LogP contribution in [0.3, 0.4) is 0 Å². The fraction of sp³-hybridized carbons (Fsp3) is 0.364. The molecule has 0 aliphatic rings. The Morgan fingerprint density at radius 2 is 2.21 bits per heavy atom. The van der Waals surface area contributed by atoms with Gasteiger partial charge in [-0.1, -0.05) is 0 Å². The van der Waals surface area contributed by atoms with Crippen molar-refractivity contribution < 1.29 is 17.9 Å². The highest BCUT2D eigenvalue weighted by atomic mass is 32.2. The number of rotatable bonds is 5. The predicted octanol–water partition coefficient (Wildman–Crippen LogP) is 1.32. The molecule has 6 nitrogen and oxygen atoms in total. The van der Waals surface area contributed by atoms with Crippen LogP contribution in [0.2, 0.25) is 0 Å². The van der Waals surface area contributed by atoms with Crippen LogP contribution in [0.4, 0.5) is 0 Å². The normalized spacial score (nSPS) is 11.9. The quantitative estimate of drug-likeness (QED) is 0.869. The molecule has 2 N–H and O–H groups in total. The Balaban J connectivity index is 2.18. The predicted molar refractivity (Wildman–Crippen MR) is 70.2 cm³/mol. The van der Waals surface area contributed by atoms with Gasteiger partial charge in [0.15, 0.2) is 0 Å². The summed E-state index contributed by atoms with van der Waals surface area (Å²) in [5.41, 5.74) is 2.49. The lowest BCUT2D eigenvalue weighted by Gasteiger charge is -2.04. The SMILES string of the molecule is Cc1ncsc1CNS(=O)(=O)c1cc(CO)oc1C. The molecule has 2 aromatic rings. The number of furan rings is 1. The smallest absolute Gasteiger partial charge is 0.244 e. The molecule has 0 fully saturated rings. The number of sulfonamides is 1. The molecule has 0 amide bonds. The van der Waals surface area contributed by atoms with Crippen LogP contribution < -0.4 is 4.72 Å². The Morgan fingerprint density at radius 3 is 2.74 bits per heavy atom. The zero-order valence-electron chi connectivity index (χ0n) is 10.5. The lowest BCUT2D eigenvalue weighted by Crippen LogP contribution is -2.23. The third-order valence-electron chi connectivity index (χ3n) is 2.64. The van der Waals surface area contributed by atoms with Crippen molar-refractivity contribution in [1.29, 1.82) is 0 Å². The van der Waals surface area contributed by atoms with Gasteiger partial charge in [-0.25, -0.2) is 18.1 Å². The van der Waals surface area contributed by atoms with E-state index in [1.807, 2.05) is 6.92 Å². The summed E-state index contributed by atoms with van der Waals surface area (Å²) in [7, 11) is -3.65. The second-order valence-electron chi connectivity index (χ2n) is 3.98. The molecule has 0 radical (unpaired) electrons. The molecule has 0 atom stereocenters. The Hall–Kier alpha value is -1.22. The maximum absolute atomic E-state index is 12.1. The average Bonchev–Trinajstić information content (AvgIpc) is 2.93. The fourth-order valence-electron chi connectivity index (χ4n) is 1.60. The number of hydrogen-bond donors (Lipinski definition) is 2. The number of hydrogen-bond acceptors (Lipinski definition) is 6. The maximum Gasteiger partial charge on any atom is 0.244 e. The molecular formula is C11H14N2O4S2. The lowest BCUT2D eigenvalue weighted by molar-refractivity contribution is 0.244. The molecule has 0 saturated carbocycles. The number of aliphatic hydroxyl groups excluding tert-OH is 1. The van der Waals surface area contributed by atoms with Gasteiger partial charge in [0.1, 0.15) is 23.0 Å². The fourth-order valence-corrected chi connectivity index (χ4v) is 3.61. The summed E-state index contributed by atoms with van der Waals surface area (Å²) >= 11 is 1.40. The van der Waals surface area contributed by atoms with Crippen LogP contribution in [0.1, 0.15) is 22.1 Å². The van der Waals surface area contributed by atoms with Gasteiger partial charge in [0.25, 0.3) is 0 Å². The summed E-state index contributed by atoms with van der Waals surface area (Å²) in [6, 6.07) is 1.33. The minimum absolute atomic E-state index is 0.0544. The number of aromatic nitrogens is 1. The summed E-state index contributed by atoms with van der Waals surface area (Å²) in [5.74, 6) is 0.490. The monoisotopic (exact) mass is 302 g/mol. The zero-order valence-corrected chi connectivity index (χ0v) is 12.1. The van der Waals surface area contributed by atoms with E-state index in [0.29, 0.717) is 0 Å². The second-order valence-corrected chi connectivity index (χ2v) is 6.65. The van der Waals surface area contributed by atoms with Crippen molar-refractivity contribution in [2.24, 2.45) is 0 Å². The molecule has 0 spiro atoms. The molecule has 8 heteroatoms. The van der Waals surface area contributed by atoms with E-state index in [1.165, 1.54) is 17.4 Å². The molecular weight excluding hydrogens is 288 g/mol. The molecule has 0 aliphatic carbocycles. The van der Waals surface area contributed by atoms with E-state index in [2.05, 4.69) is 9.71 Å². The largest absolute Gasteiger partial charge is 0.462 e. The van der Waals surface area contributed by atoms with Crippen molar-refractivity contribution in [3.8, 4) is 0 Å². The van der Waals surface area contributed by atoms with E-state index in [0.717, 1.165) is 10.6 Å². The van der Waals surface area contributed by atoms with Crippen LogP contribution in [-0.4, -0.2) is 18.5 Å². The van der Waals surface area contributed by atoms with Crippen molar-refractivity contribution in [2.45, 2.75) is 31.9 Å². The summed E-state index contributed by atoms with van der Waals surface area (Å²) in [5, 5.41) is 8.94. The van der Waals surface area contributed by atoms with Gasteiger partial charge in [0, 0.05) is 17.5 Å². The van der Waals surface area contributed by atoms with Gasteiger partial charge in [-0.3, -0.25) is 0 Å². The summed E-state index contributed by atoms with van der Waals surface area (Å²) in [6.45, 7) is 3.24. The van der Waals surface area contributed by atoms with Crippen molar-refractivity contribution in [3.05, 3.63) is 33.7 Å². The number of thiazole rings is 1. The average molecular weight is 302 g/mol. The van der Waals surface area contributed by atoms with Crippen molar-refractivity contribution >= 4 is 21.4 Å². The minimum atomic E-state index is -3.65. The van der Waals surface area contributed by atoms with Gasteiger partial charge in [-0.05, 0) is 13.8 Å². The minimum Gasteiger partial charge on any atom is -0.462 e. The number of nitrogens with zero attached hydrogens (tertiary/aromatic N) is 1. The number of aryl methyl sites for hydroxylation is 2. The van der Waals surface area contributed by atoms with Crippen LogP contribution in [0, 0.1) is 13.8 Å². The Kier molecular flexibility index (Phi) is 4.04. The van der Waals surface area contributed by atoms with Gasteiger partial charge in [-0.2, -0.15) is 0 Å². The van der Waals surface area contributed by atoms with Gasteiger partial charge in [0.2, 0.25) is 10.0 Å². The van der Waals surface area contributed by atoms with E-state index < -0.39 is 10.0 Å². The summed E-state index contributed by atoms with van der Waals surface area (Å²) in [6.07, 6.45) is 0. The number of aliphatic hydroxyl groups is 1. The van der Waals surface area contributed by atoms with E-state index in [-0.39, 0.29) is 29.6 Å². The molecule has 0 bridgehead atoms. The molecule has 104 valence electrons. The van der Waals surface area contributed by atoms with E-state index in [9.17, 15) is 8.42 Å². The molecule has 2 rings (SSSR count). The molecule has 0 saturated heterocycles. The Bertz CT molecular complexity index is 673. The highest BCUT2D eigenvalue weighted by Gasteiger charge is 2.21.